The Kier molecular flexibility index (Phi) is 15.7. The summed E-state index contributed by atoms with van der Waals surface area (Å²) in [7, 11) is 0. The number of halogens is 1. The molecule has 5 aliphatic heterocycles. The van der Waals surface area contributed by atoms with Crippen LogP contribution in [0.1, 0.15) is 88.7 Å². The fraction of sp³-hybridized carbons (Fsp3) is 0.600. The number of β-amino-alcohol motifs (C(OH)–C–C–N with tert-alkyl or cyclic N) is 1. The molecular formula is C50H67ClN12O7S. The van der Waals surface area contributed by atoms with Crippen molar-refractivity contribution in [1.29, 1.82) is 0 Å². The van der Waals surface area contributed by atoms with E-state index in [9.17, 15) is 24.6 Å². The maximum Gasteiger partial charge on any atom is 0.248 e. The number of likely N-dealkylation sites (tertiary alicyclic amines) is 2. The Labute approximate surface area is 424 Å². The van der Waals surface area contributed by atoms with Crippen LogP contribution in [0.5, 0.6) is 5.75 Å². The smallest absolute Gasteiger partial charge is 0.248 e. The average molecular weight is 1020 g/mol. The minimum absolute atomic E-state index is 0.0112. The number of nitrogens with two attached hydrogens (primary N) is 1. The van der Waals surface area contributed by atoms with Crippen LogP contribution in [0, 0.1) is 24.2 Å². The van der Waals surface area contributed by atoms with Gasteiger partial charge in [-0.1, -0.05) is 60.6 Å². The first-order valence-corrected chi connectivity index (χ1v) is 26.3. The van der Waals surface area contributed by atoms with Gasteiger partial charge in [-0.25, -0.2) is 19.6 Å². The molecule has 3 amide bonds. The molecule has 19 nitrogen and oxygen atoms in total. The van der Waals surface area contributed by atoms with Crippen molar-refractivity contribution < 1.29 is 34.1 Å². The molecule has 5 atom stereocenters. The Hall–Kier alpha value is -5.12. The summed E-state index contributed by atoms with van der Waals surface area (Å²) in [6, 6.07) is 7.95. The topological polar surface area (TPSA) is 231 Å². The standard InChI is InChI=1S/C50H67ClN12O7S/c1-30(2)43(63-26-31(3)57-58-63)49(68)62-27-35(65)23-38(62)47(66)55-24-34-7-5-6-8-39(34)70-36-12-19-61(20-13-36)48(67)33-10-17-59(18-11-33)46-42(51)40(9-16-53-46)71-41-25-54-45(37(28-64)56-41)60-21-14-50(15-22-60)29-69-32(4)44(50)52/h5-9,16,25-26,30,32-33,35-36,38,43-44,64-65H,10-15,17-24,27-29,52H2,1-4H3,(H,55,66)/t32-,35+,38-,43-,44+/m0/s1. The second-order valence-electron chi connectivity index (χ2n) is 20.2. The number of pyridine rings is 1. The number of nitrogens with one attached hydrogen (secondary N) is 1. The van der Waals surface area contributed by atoms with Gasteiger partial charge in [-0.15, -0.1) is 5.10 Å². The van der Waals surface area contributed by atoms with Crippen molar-refractivity contribution in [3.05, 3.63) is 70.9 Å². The summed E-state index contributed by atoms with van der Waals surface area (Å²) >= 11 is 8.42. The summed E-state index contributed by atoms with van der Waals surface area (Å²) in [6.07, 6.45) is 8.94. The Balaban J connectivity index is 0.738. The van der Waals surface area contributed by atoms with Crippen molar-refractivity contribution in [2.24, 2.45) is 23.0 Å². The van der Waals surface area contributed by atoms with Crippen molar-refractivity contribution in [2.75, 3.05) is 62.2 Å². The van der Waals surface area contributed by atoms with Crippen molar-refractivity contribution in [1.82, 2.24) is 45.1 Å². The number of carbonyl (C=O) groups is 3. The molecule has 5 N–H and O–H groups in total. The number of piperidine rings is 3. The third-order valence-corrected chi connectivity index (χ3v) is 16.6. The predicted molar refractivity (Wildman–Crippen MR) is 267 cm³/mol. The molecule has 5 fully saturated rings. The molecule has 1 spiro atoms. The highest BCUT2D eigenvalue weighted by Crippen LogP contribution is 2.43. The third-order valence-electron chi connectivity index (χ3n) is 15.2. The first-order chi connectivity index (χ1) is 34.2. The number of hydrogen-bond acceptors (Lipinski definition) is 16. The van der Waals surface area contributed by atoms with E-state index in [1.54, 1.807) is 25.5 Å². The second kappa shape index (κ2) is 21.9. The number of benzene rings is 1. The van der Waals surface area contributed by atoms with E-state index in [1.165, 1.54) is 21.3 Å². The lowest BCUT2D eigenvalue weighted by Crippen LogP contribution is -2.51. The van der Waals surface area contributed by atoms with Crippen molar-refractivity contribution >= 4 is 52.7 Å². The van der Waals surface area contributed by atoms with Gasteiger partial charge in [0, 0.05) is 112 Å². The lowest BCUT2D eigenvalue weighted by molar-refractivity contribution is -0.142. The number of para-hydroxylation sites is 1. The maximum atomic E-state index is 13.9. The number of carbonyl (C=O) groups excluding carboxylic acids is 3. The monoisotopic (exact) mass is 1010 g/mol. The fourth-order valence-corrected chi connectivity index (χ4v) is 12.1. The quantitative estimate of drug-likeness (QED) is 0.139. The minimum atomic E-state index is -0.833. The number of hydrogen-bond donors (Lipinski definition) is 4. The fourth-order valence-electron chi connectivity index (χ4n) is 11.0. The zero-order chi connectivity index (χ0) is 50.0. The van der Waals surface area contributed by atoms with Crippen molar-refractivity contribution in [3.63, 3.8) is 0 Å². The number of ether oxygens (including phenoxy) is 2. The molecule has 0 bridgehead atoms. The first-order valence-electron chi connectivity index (χ1n) is 25.1. The molecule has 0 saturated carbocycles. The molecule has 0 unspecified atom stereocenters. The maximum absolute atomic E-state index is 13.9. The number of aromatic nitrogens is 6. The van der Waals surface area contributed by atoms with E-state index in [1.807, 2.05) is 56.0 Å². The van der Waals surface area contributed by atoms with Crippen LogP contribution in [0.25, 0.3) is 0 Å². The van der Waals surface area contributed by atoms with Crippen LogP contribution in [-0.2, 0) is 32.3 Å². The Morgan fingerprint density at radius 2 is 1.75 bits per heavy atom. The van der Waals surface area contributed by atoms with Crippen LogP contribution in [0.15, 0.2) is 58.8 Å². The van der Waals surface area contributed by atoms with E-state index in [0.717, 1.165) is 36.4 Å². The summed E-state index contributed by atoms with van der Waals surface area (Å²) in [5, 5.41) is 33.3. The van der Waals surface area contributed by atoms with E-state index < -0.39 is 18.2 Å². The normalized spacial score (nSPS) is 23.5. The summed E-state index contributed by atoms with van der Waals surface area (Å²) in [6.45, 7) is 12.3. The van der Waals surface area contributed by atoms with Gasteiger partial charge >= 0.3 is 0 Å². The zero-order valence-corrected chi connectivity index (χ0v) is 42.6. The number of anilines is 2. The second-order valence-corrected chi connectivity index (χ2v) is 21.7. The Morgan fingerprint density at radius 1 is 1.01 bits per heavy atom. The van der Waals surface area contributed by atoms with Crippen LogP contribution in [0.4, 0.5) is 11.6 Å². The van der Waals surface area contributed by atoms with Gasteiger partial charge in [-0.3, -0.25) is 14.4 Å². The highest BCUT2D eigenvalue weighted by molar-refractivity contribution is 7.99. The van der Waals surface area contributed by atoms with E-state index in [-0.39, 0.29) is 79.3 Å². The largest absolute Gasteiger partial charge is 0.490 e. The highest BCUT2D eigenvalue weighted by atomic mass is 35.5. The van der Waals surface area contributed by atoms with Crippen LogP contribution in [0.2, 0.25) is 5.02 Å². The Morgan fingerprint density at radius 3 is 2.42 bits per heavy atom. The van der Waals surface area contributed by atoms with E-state index in [2.05, 4.69) is 30.4 Å². The van der Waals surface area contributed by atoms with Gasteiger partial charge < -0.3 is 50.3 Å². The predicted octanol–water partition coefficient (Wildman–Crippen LogP) is 4.16. The third kappa shape index (κ3) is 11.0. The minimum Gasteiger partial charge on any atom is -0.490 e. The highest BCUT2D eigenvalue weighted by Gasteiger charge is 2.48. The van der Waals surface area contributed by atoms with E-state index in [0.29, 0.717) is 97.3 Å². The molecule has 5 saturated heterocycles. The molecule has 4 aromatic rings. The van der Waals surface area contributed by atoms with Gasteiger partial charge in [0.1, 0.15) is 40.5 Å². The van der Waals surface area contributed by atoms with Crippen molar-refractivity contribution in [2.45, 2.75) is 132 Å². The molecule has 5 aliphatic rings. The van der Waals surface area contributed by atoms with Crippen molar-refractivity contribution in [3.8, 4) is 5.75 Å². The number of nitrogens with zero attached hydrogens (tertiary/aromatic N) is 10. The van der Waals surface area contributed by atoms with Crippen LogP contribution >= 0.6 is 23.4 Å². The SMILES string of the molecule is Cc1cn([C@H](C(=O)N2C[C@H](O)C[C@H]2C(=O)NCc2ccccc2OC2CCN(C(=O)C3CCN(c4nccc(Sc5cnc(N6CCC7(CC6)CO[C@@H](C)[C@H]7N)c(CO)n5)c4Cl)CC3)CC2)C(C)C)nn1. The van der Waals surface area contributed by atoms with Gasteiger partial charge in [-0.05, 0) is 57.6 Å². The van der Waals surface area contributed by atoms with Gasteiger partial charge in [0.25, 0.3) is 0 Å². The molecule has 0 radical (unpaired) electrons. The number of amides is 3. The van der Waals surface area contributed by atoms with Gasteiger partial charge in [0.2, 0.25) is 17.7 Å². The first kappa shape index (κ1) is 50.8. The molecule has 1 aromatic carbocycles. The van der Waals surface area contributed by atoms with E-state index in [4.69, 9.17) is 36.8 Å². The number of rotatable bonds is 14. The Bertz CT molecular complexity index is 2530. The van der Waals surface area contributed by atoms with Crippen LogP contribution in [0.3, 0.4) is 0 Å². The molecule has 0 aliphatic carbocycles. The van der Waals surface area contributed by atoms with Gasteiger partial charge in [0.15, 0.2) is 5.82 Å². The molecule has 3 aromatic heterocycles. The molecule has 71 heavy (non-hydrogen) atoms. The zero-order valence-electron chi connectivity index (χ0n) is 41.0. The van der Waals surface area contributed by atoms with Crippen LogP contribution < -0.4 is 25.6 Å². The summed E-state index contributed by atoms with van der Waals surface area (Å²) in [5.41, 5.74) is 8.52. The van der Waals surface area contributed by atoms with Crippen LogP contribution in [-0.4, -0.2) is 150 Å². The summed E-state index contributed by atoms with van der Waals surface area (Å²) < 4.78 is 14.0. The number of aryl methyl sites for hydroxylation is 1. The molecule has 21 heteroatoms. The van der Waals surface area contributed by atoms with Gasteiger partial charge in [-0.2, -0.15) is 0 Å². The molecular weight excluding hydrogens is 948 g/mol. The number of aliphatic hydroxyl groups excluding tert-OH is 2. The average Bonchev–Trinajstić information content (AvgIpc) is 4.07. The molecule has 8 heterocycles. The van der Waals surface area contributed by atoms with E-state index >= 15 is 0 Å². The lowest BCUT2D eigenvalue weighted by atomic mass is 9.73. The summed E-state index contributed by atoms with van der Waals surface area (Å²) in [4.78, 5) is 64.2. The summed E-state index contributed by atoms with van der Waals surface area (Å²) in [5.74, 6) is 1.31. The molecule has 382 valence electrons. The number of aliphatic hydroxyl groups is 2. The molecule has 9 rings (SSSR count). The lowest BCUT2D eigenvalue weighted by Gasteiger charge is -2.41. The van der Waals surface area contributed by atoms with Gasteiger partial charge in [0.05, 0.1) is 42.3 Å².